The van der Waals surface area contributed by atoms with Crippen molar-refractivity contribution in [3.8, 4) is 5.75 Å². The normalized spacial score (nSPS) is 14.1. The van der Waals surface area contributed by atoms with E-state index >= 15 is 0 Å². The highest BCUT2D eigenvalue weighted by Crippen LogP contribution is 2.24. The first kappa shape index (κ1) is 19.1. The average Bonchev–Trinajstić information content (AvgIpc) is 2.91. The summed E-state index contributed by atoms with van der Waals surface area (Å²) < 4.78 is 20.2. The molecule has 0 amide bonds. The van der Waals surface area contributed by atoms with E-state index in [1.807, 2.05) is 67.6 Å². The minimum absolute atomic E-state index is 0.0344. The number of aryl methyl sites for hydroxylation is 1. The first-order valence-electron chi connectivity index (χ1n) is 9.96. The Morgan fingerprint density at radius 2 is 1.86 bits per heavy atom. The molecule has 29 heavy (non-hydrogen) atoms. The van der Waals surface area contributed by atoms with Crippen molar-refractivity contribution >= 4 is 10.9 Å². The number of rotatable bonds is 6. The molecular formula is C26H24FNO. The summed E-state index contributed by atoms with van der Waals surface area (Å²) in [6.07, 6.45) is 7.65. The third-order valence-corrected chi connectivity index (χ3v) is 5.12. The number of halogens is 1. The van der Waals surface area contributed by atoms with Crippen LogP contribution in [0, 0.1) is 0 Å². The Kier molecular flexibility index (Phi) is 5.85. The van der Waals surface area contributed by atoms with Crippen LogP contribution in [0.1, 0.15) is 31.0 Å². The number of hydrogen-bond acceptors (Lipinski definition) is 2. The lowest BCUT2D eigenvalue weighted by Gasteiger charge is -2.09. The van der Waals surface area contributed by atoms with Crippen molar-refractivity contribution in [3.05, 3.63) is 107 Å². The fourth-order valence-corrected chi connectivity index (χ4v) is 3.41. The zero-order valence-electron chi connectivity index (χ0n) is 16.6. The van der Waals surface area contributed by atoms with Crippen LogP contribution in [0.4, 0.5) is 4.39 Å². The Morgan fingerprint density at radius 1 is 0.966 bits per heavy atom. The third-order valence-electron chi connectivity index (χ3n) is 5.12. The molecular weight excluding hydrogens is 361 g/mol. The van der Waals surface area contributed by atoms with Crippen LogP contribution in [0.2, 0.25) is 0 Å². The Balaban J connectivity index is 1.39. The molecule has 0 saturated heterocycles. The van der Waals surface area contributed by atoms with Crippen molar-refractivity contribution in [3.63, 3.8) is 0 Å². The second kappa shape index (κ2) is 8.87. The van der Waals surface area contributed by atoms with Crippen molar-refractivity contribution in [1.82, 2.24) is 4.98 Å². The summed E-state index contributed by atoms with van der Waals surface area (Å²) in [6, 6.07) is 20.1. The van der Waals surface area contributed by atoms with Crippen LogP contribution in [-0.2, 0) is 13.0 Å². The topological polar surface area (TPSA) is 22.1 Å². The van der Waals surface area contributed by atoms with Gasteiger partial charge in [0.2, 0.25) is 0 Å². The monoisotopic (exact) mass is 385 g/mol. The lowest BCUT2D eigenvalue weighted by Crippen LogP contribution is -1.99. The van der Waals surface area contributed by atoms with Gasteiger partial charge < -0.3 is 4.74 Å². The van der Waals surface area contributed by atoms with E-state index in [9.17, 15) is 4.39 Å². The third kappa shape index (κ3) is 5.00. The zero-order chi connectivity index (χ0) is 20.1. The van der Waals surface area contributed by atoms with Crippen molar-refractivity contribution in [2.75, 3.05) is 0 Å². The molecule has 0 saturated carbocycles. The summed E-state index contributed by atoms with van der Waals surface area (Å²) in [5.41, 5.74) is 4.89. The highest BCUT2D eigenvalue weighted by Gasteiger charge is 2.07. The van der Waals surface area contributed by atoms with E-state index in [4.69, 9.17) is 4.74 Å². The molecule has 146 valence electrons. The maximum Gasteiger partial charge on any atom is 0.130 e. The molecule has 3 heteroatoms. The molecule has 0 bridgehead atoms. The van der Waals surface area contributed by atoms with Gasteiger partial charge in [0.1, 0.15) is 18.2 Å². The predicted molar refractivity (Wildman–Crippen MR) is 116 cm³/mol. The molecule has 2 aromatic carbocycles. The van der Waals surface area contributed by atoms with Crippen molar-refractivity contribution in [1.29, 1.82) is 0 Å². The van der Waals surface area contributed by atoms with Crippen LogP contribution in [0.3, 0.4) is 0 Å². The number of aromatic nitrogens is 1. The van der Waals surface area contributed by atoms with Crippen molar-refractivity contribution in [2.24, 2.45) is 0 Å². The smallest absolute Gasteiger partial charge is 0.130 e. The molecule has 0 unspecified atom stereocenters. The van der Waals surface area contributed by atoms with E-state index in [-0.39, 0.29) is 5.83 Å². The minimum Gasteiger partial charge on any atom is -0.487 e. The van der Waals surface area contributed by atoms with Gasteiger partial charge in [-0.05, 0) is 55.2 Å². The van der Waals surface area contributed by atoms with Crippen LogP contribution in [0.15, 0.2) is 95.9 Å². The second-order valence-electron chi connectivity index (χ2n) is 7.35. The van der Waals surface area contributed by atoms with Crippen LogP contribution >= 0.6 is 0 Å². The molecule has 0 aliphatic heterocycles. The van der Waals surface area contributed by atoms with Gasteiger partial charge in [-0.15, -0.1) is 0 Å². The molecule has 1 heterocycles. The number of benzene rings is 2. The standard InChI is InChI=1S/C26H24FNO/c1-19-9-12-21(25(27)16-10-19)13-11-20-5-4-7-24(17-20)29-18-23-15-14-22-6-2-3-8-26(22)28-23/h2-10,12,14-15,17H,11,13,16,18H2,1H3. The minimum atomic E-state index is -0.0344. The number of para-hydroxylation sites is 1. The molecule has 0 radical (unpaired) electrons. The zero-order valence-corrected chi connectivity index (χ0v) is 16.6. The van der Waals surface area contributed by atoms with Gasteiger partial charge in [0, 0.05) is 11.8 Å². The molecule has 1 aromatic heterocycles. The van der Waals surface area contributed by atoms with E-state index in [0.29, 0.717) is 19.4 Å². The van der Waals surface area contributed by atoms with E-state index < -0.39 is 0 Å². The van der Waals surface area contributed by atoms with Crippen LogP contribution < -0.4 is 4.74 Å². The van der Waals surface area contributed by atoms with Gasteiger partial charge in [-0.3, -0.25) is 0 Å². The summed E-state index contributed by atoms with van der Waals surface area (Å²) in [4.78, 5) is 4.65. The maximum atomic E-state index is 14.2. The molecule has 4 rings (SSSR count). The number of pyridine rings is 1. The number of hydrogen-bond donors (Lipinski definition) is 0. The molecule has 0 N–H and O–H groups in total. The summed E-state index contributed by atoms with van der Waals surface area (Å²) in [5, 5.41) is 1.12. The Hall–Kier alpha value is -3.20. The van der Waals surface area contributed by atoms with Gasteiger partial charge in [0.15, 0.2) is 0 Å². The first-order valence-corrected chi connectivity index (χ1v) is 9.96. The largest absolute Gasteiger partial charge is 0.487 e. The number of fused-ring (bicyclic) bond motifs is 1. The van der Waals surface area contributed by atoms with Gasteiger partial charge in [-0.25, -0.2) is 9.37 Å². The molecule has 0 atom stereocenters. The lowest BCUT2D eigenvalue weighted by molar-refractivity contribution is 0.301. The fourth-order valence-electron chi connectivity index (χ4n) is 3.41. The van der Waals surface area contributed by atoms with Gasteiger partial charge in [0.05, 0.1) is 11.2 Å². The van der Waals surface area contributed by atoms with Gasteiger partial charge in [-0.2, -0.15) is 0 Å². The Bertz CT molecular complexity index is 1110. The van der Waals surface area contributed by atoms with Crippen LogP contribution in [0.5, 0.6) is 5.75 Å². The summed E-state index contributed by atoms with van der Waals surface area (Å²) in [6.45, 7) is 2.42. The van der Waals surface area contributed by atoms with Crippen molar-refractivity contribution < 1.29 is 9.13 Å². The van der Waals surface area contributed by atoms with Gasteiger partial charge in [0.25, 0.3) is 0 Å². The maximum absolute atomic E-state index is 14.2. The molecule has 1 aliphatic rings. The van der Waals surface area contributed by atoms with Crippen molar-refractivity contribution in [2.45, 2.75) is 32.8 Å². The second-order valence-corrected chi connectivity index (χ2v) is 7.35. The highest BCUT2D eigenvalue weighted by atomic mass is 19.1. The quantitative estimate of drug-likeness (QED) is 0.461. The molecule has 0 spiro atoms. The first-order chi connectivity index (χ1) is 14.2. The Morgan fingerprint density at radius 3 is 2.79 bits per heavy atom. The highest BCUT2D eigenvalue weighted by molar-refractivity contribution is 5.78. The molecule has 2 nitrogen and oxygen atoms in total. The summed E-state index contributed by atoms with van der Waals surface area (Å²) in [5.74, 6) is 0.772. The SMILES string of the molecule is CC1=CCC(F)=C(CCc2cccc(OCc3ccc4ccccc4n3)c2)C=C1. The summed E-state index contributed by atoms with van der Waals surface area (Å²) >= 11 is 0. The van der Waals surface area contributed by atoms with E-state index in [2.05, 4.69) is 23.2 Å². The number of nitrogens with zero attached hydrogens (tertiary/aromatic N) is 1. The fraction of sp³-hybridized carbons (Fsp3) is 0.192. The lowest BCUT2D eigenvalue weighted by atomic mass is 10.0. The predicted octanol–water partition coefficient (Wildman–Crippen LogP) is 6.88. The Labute approximate surface area is 171 Å². The van der Waals surface area contributed by atoms with Gasteiger partial charge in [-0.1, -0.05) is 60.2 Å². The van der Waals surface area contributed by atoms with E-state index in [0.717, 1.165) is 45.5 Å². The van der Waals surface area contributed by atoms with E-state index in [1.165, 1.54) is 0 Å². The van der Waals surface area contributed by atoms with E-state index in [1.54, 1.807) is 0 Å². The summed E-state index contributed by atoms with van der Waals surface area (Å²) in [7, 11) is 0. The average molecular weight is 385 g/mol. The van der Waals surface area contributed by atoms with Crippen LogP contribution in [0.25, 0.3) is 10.9 Å². The molecule has 0 fully saturated rings. The van der Waals surface area contributed by atoms with Gasteiger partial charge >= 0.3 is 0 Å². The number of ether oxygens (including phenoxy) is 1. The molecule has 1 aliphatic carbocycles. The molecule has 3 aromatic rings. The number of allylic oxidation sites excluding steroid dienone is 6. The van der Waals surface area contributed by atoms with Crippen LogP contribution in [-0.4, -0.2) is 4.98 Å².